The van der Waals surface area contributed by atoms with E-state index < -0.39 is 17.2 Å². The molecule has 5 N–H and O–H groups in total. The number of nitrogens with one attached hydrogen (secondary N) is 3. The molecule has 1 aromatic heterocycles. The highest BCUT2D eigenvalue weighted by Crippen LogP contribution is 2.21. The molecule has 0 saturated heterocycles. The van der Waals surface area contributed by atoms with Crippen LogP contribution in [0.2, 0.25) is 0 Å². The molecule has 1 amide bonds. The second kappa shape index (κ2) is 6.30. The highest BCUT2D eigenvalue weighted by Gasteiger charge is 2.21. The van der Waals surface area contributed by atoms with Crippen molar-refractivity contribution in [2.45, 2.75) is 19.9 Å². The van der Waals surface area contributed by atoms with E-state index in [1.54, 1.807) is 0 Å². The first-order chi connectivity index (χ1) is 10.4. The molecule has 0 spiro atoms. The first-order valence-electron chi connectivity index (χ1n) is 6.88. The Bertz CT molecular complexity index is 777. The number of rotatable bonds is 4. The van der Waals surface area contributed by atoms with Crippen LogP contribution in [0.15, 0.2) is 39.9 Å². The predicted octanol–water partition coefficient (Wildman–Crippen LogP) is 0.773. The third-order valence-electron chi connectivity index (χ3n) is 3.32. The number of nitrogens with two attached hydrogens (primary N) is 1. The molecule has 0 fully saturated rings. The van der Waals surface area contributed by atoms with Crippen molar-refractivity contribution in [1.29, 1.82) is 0 Å². The van der Waals surface area contributed by atoms with E-state index in [1.807, 2.05) is 49.2 Å². The monoisotopic (exact) mass is 302 g/mol. The fourth-order valence-corrected chi connectivity index (χ4v) is 2.18. The van der Waals surface area contributed by atoms with Gasteiger partial charge in [-0.2, -0.15) is 0 Å². The number of aromatic nitrogens is 2. The molecule has 0 unspecified atom stereocenters. The number of aromatic amines is 2. The van der Waals surface area contributed by atoms with E-state index in [0.29, 0.717) is 0 Å². The zero-order valence-corrected chi connectivity index (χ0v) is 12.3. The van der Waals surface area contributed by atoms with Gasteiger partial charge in [0, 0.05) is 0 Å². The molecule has 0 aliphatic carbocycles. The molecular weight excluding hydrogens is 284 g/mol. The van der Waals surface area contributed by atoms with Crippen molar-refractivity contribution < 1.29 is 4.79 Å². The standard InChI is InChI=1S/C15H18N4O3/c1-8(2)11(9-6-4-3-5-7-9)17-14(21)12-10(16)13(20)19-15(22)18-12/h3-8,11H,16H2,1-2H3,(H,17,21)(H2,18,19,20,22)/t11-/m1/s1. The molecule has 0 saturated carbocycles. The molecule has 22 heavy (non-hydrogen) atoms. The lowest BCUT2D eigenvalue weighted by molar-refractivity contribution is 0.0921. The molecule has 7 nitrogen and oxygen atoms in total. The molecule has 0 bridgehead atoms. The van der Waals surface area contributed by atoms with Gasteiger partial charge in [0.25, 0.3) is 11.5 Å². The van der Waals surface area contributed by atoms with Crippen molar-refractivity contribution in [1.82, 2.24) is 15.3 Å². The smallest absolute Gasteiger partial charge is 0.326 e. The number of benzene rings is 1. The zero-order valence-electron chi connectivity index (χ0n) is 12.3. The number of hydrogen-bond donors (Lipinski definition) is 4. The summed E-state index contributed by atoms with van der Waals surface area (Å²) in [6.07, 6.45) is 0. The van der Waals surface area contributed by atoms with Gasteiger partial charge in [-0.3, -0.25) is 14.6 Å². The van der Waals surface area contributed by atoms with Crippen LogP contribution in [0.4, 0.5) is 5.69 Å². The summed E-state index contributed by atoms with van der Waals surface area (Å²) >= 11 is 0. The Kier molecular flexibility index (Phi) is 4.45. The first kappa shape index (κ1) is 15.6. The van der Waals surface area contributed by atoms with Crippen LogP contribution in [-0.2, 0) is 0 Å². The minimum atomic E-state index is -0.783. The molecule has 1 aromatic carbocycles. The Hall–Kier alpha value is -2.83. The fraction of sp³-hybridized carbons (Fsp3) is 0.267. The fourth-order valence-electron chi connectivity index (χ4n) is 2.18. The van der Waals surface area contributed by atoms with Crippen LogP contribution >= 0.6 is 0 Å². The molecule has 7 heteroatoms. The summed E-state index contributed by atoms with van der Waals surface area (Å²) in [7, 11) is 0. The Morgan fingerprint density at radius 3 is 2.36 bits per heavy atom. The Labute approximate surface area is 126 Å². The summed E-state index contributed by atoms with van der Waals surface area (Å²) in [6.45, 7) is 3.92. The molecule has 1 heterocycles. The molecule has 2 rings (SSSR count). The highest BCUT2D eigenvalue weighted by molar-refractivity contribution is 5.97. The lowest BCUT2D eigenvalue weighted by Gasteiger charge is -2.23. The van der Waals surface area contributed by atoms with Gasteiger partial charge in [-0.25, -0.2) is 4.79 Å². The van der Waals surface area contributed by atoms with E-state index in [1.165, 1.54) is 0 Å². The number of hydrogen-bond acceptors (Lipinski definition) is 4. The quantitative estimate of drug-likeness (QED) is 0.666. The summed E-state index contributed by atoms with van der Waals surface area (Å²) in [5, 5.41) is 2.80. The van der Waals surface area contributed by atoms with Gasteiger partial charge in [-0.15, -0.1) is 0 Å². The van der Waals surface area contributed by atoms with Crippen LogP contribution in [0, 0.1) is 5.92 Å². The van der Waals surface area contributed by atoms with E-state index in [0.717, 1.165) is 5.56 Å². The predicted molar refractivity (Wildman–Crippen MR) is 83.6 cm³/mol. The average Bonchev–Trinajstić information content (AvgIpc) is 2.48. The lowest BCUT2D eigenvalue weighted by Crippen LogP contribution is -2.36. The number of H-pyrrole nitrogens is 2. The minimum absolute atomic E-state index is 0.112. The van der Waals surface area contributed by atoms with E-state index >= 15 is 0 Å². The van der Waals surface area contributed by atoms with Crippen LogP contribution in [0.5, 0.6) is 0 Å². The minimum Gasteiger partial charge on any atom is -0.392 e. The Balaban J connectivity index is 2.34. The van der Waals surface area contributed by atoms with Gasteiger partial charge in [-0.1, -0.05) is 44.2 Å². The van der Waals surface area contributed by atoms with Crippen molar-refractivity contribution in [2.75, 3.05) is 5.73 Å². The van der Waals surface area contributed by atoms with Crippen molar-refractivity contribution in [2.24, 2.45) is 5.92 Å². The van der Waals surface area contributed by atoms with Gasteiger partial charge in [0.15, 0.2) is 0 Å². The molecule has 1 atom stereocenters. The van der Waals surface area contributed by atoms with Gasteiger partial charge in [-0.05, 0) is 11.5 Å². The van der Waals surface area contributed by atoms with Gasteiger partial charge >= 0.3 is 5.69 Å². The summed E-state index contributed by atoms with van der Waals surface area (Å²) in [5.74, 6) is -0.482. The summed E-state index contributed by atoms with van der Waals surface area (Å²) < 4.78 is 0. The molecule has 0 aliphatic heterocycles. The van der Waals surface area contributed by atoms with E-state index in [9.17, 15) is 14.4 Å². The van der Waals surface area contributed by atoms with Crippen LogP contribution < -0.4 is 22.3 Å². The van der Waals surface area contributed by atoms with Crippen molar-refractivity contribution in [3.8, 4) is 0 Å². The number of carbonyl (C=O) groups excluding carboxylic acids is 1. The number of anilines is 1. The zero-order chi connectivity index (χ0) is 16.3. The van der Waals surface area contributed by atoms with Crippen molar-refractivity contribution in [3.63, 3.8) is 0 Å². The third-order valence-corrected chi connectivity index (χ3v) is 3.32. The SMILES string of the molecule is CC(C)[C@@H](NC(=O)c1[nH]c(=O)[nH]c(=O)c1N)c1ccccc1. The topological polar surface area (TPSA) is 121 Å². The Morgan fingerprint density at radius 1 is 1.14 bits per heavy atom. The Morgan fingerprint density at radius 2 is 1.77 bits per heavy atom. The summed E-state index contributed by atoms with van der Waals surface area (Å²) in [6, 6.07) is 9.16. The second-order valence-corrected chi connectivity index (χ2v) is 5.30. The molecule has 0 aliphatic rings. The second-order valence-electron chi connectivity index (χ2n) is 5.30. The molecular formula is C15H18N4O3. The maximum atomic E-state index is 12.3. The maximum Gasteiger partial charge on any atom is 0.326 e. The van der Waals surface area contributed by atoms with Gasteiger partial charge in [0.1, 0.15) is 11.4 Å². The van der Waals surface area contributed by atoms with Crippen LogP contribution in [0.3, 0.4) is 0 Å². The van der Waals surface area contributed by atoms with Crippen molar-refractivity contribution in [3.05, 3.63) is 62.4 Å². The van der Waals surface area contributed by atoms with Crippen LogP contribution in [-0.4, -0.2) is 15.9 Å². The summed E-state index contributed by atoms with van der Waals surface area (Å²) in [4.78, 5) is 39.4. The van der Waals surface area contributed by atoms with Crippen LogP contribution in [0.1, 0.15) is 35.9 Å². The highest BCUT2D eigenvalue weighted by atomic mass is 16.2. The largest absolute Gasteiger partial charge is 0.392 e. The third kappa shape index (κ3) is 3.25. The lowest BCUT2D eigenvalue weighted by atomic mass is 9.96. The average molecular weight is 302 g/mol. The summed E-state index contributed by atoms with van der Waals surface area (Å²) in [5.41, 5.74) is 4.40. The number of nitrogen functional groups attached to an aromatic ring is 1. The number of amides is 1. The molecule has 0 radical (unpaired) electrons. The molecule has 116 valence electrons. The first-order valence-corrected chi connectivity index (χ1v) is 6.88. The normalized spacial score (nSPS) is 12.1. The van der Waals surface area contributed by atoms with Gasteiger partial charge in [0.2, 0.25) is 0 Å². The molecule has 2 aromatic rings. The van der Waals surface area contributed by atoms with Crippen LogP contribution in [0.25, 0.3) is 0 Å². The van der Waals surface area contributed by atoms with Gasteiger partial charge < -0.3 is 16.0 Å². The van der Waals surface area contributed by atoms with Gasteiger partial charge in [0.05, 0.1) is 6.04 Å². The number of carbonyl (C=O) groups is 1. The van der Waals surface area contributed by atoms with E-state index in [4.69, 9.17) is 5.73 Å². The van der Waals surface area contributed by atoms with E-state index in [2.05, 4.69) is 10.3 Å². The maximum absolute atomic E-state index is 12.3. The van der Waals surface area contributed by atoms with E-state index in [-0.39, 0.29) is 23.3 Å². The van der Waals surface area contributed by atoms with Crippen molar-refractivity contribution >= 4 is 11.6 Å².